The van der Waals surface area contributed by atoms with E-state index < -0.39 is 11.4 Å². The third-order valence-electron chi connectivity index (χ3n) is 0.917. The van der Waals surface area contributed by atoms with Crippen molar-refractivity contribution in [3.63, 3.8) is 0 Å². The van der Waals surface area contributed by atoms with Crippen molar-refractivity contribution in [3.05, 3.63) is 0 Å². The average Bonchev–Trinajstić information content (AvgIpc) is 2.17. The van der Waals surface area contributed by atoms with E-state index in [0.29, 0.717) is 13.2 Å². The maximum absolute atomic E-state index is 10.3. The first-order valence-corrected chi connectivity index (χ1v) is 3.54. The van der Waals surface area contributed by atoms with Crippen LogP contribution in [0.1, 0.15) is 0 Å². The summed E-state index contributed by atoms with van der Waals surface area (Å²) in [7, 11) is 1.56. The molecule has 1 fully saturated rings. The molecule has 2 unspecified atom stereocenters. The molecule has 0 aromatic rings. The summed E-state index contributed by atoms with van der Waals surface area (Å²) in [6.45, 7) is 0.798. The van der Waals surface area contributed by atoms with E-state index in [1.54, 1.807) is 7.11 Å². The summed E-state index contributed by atoms with van der Waals surface area (Å²) in [5, 5.41) is 0. The van der Waals surface area contributed by atoms with Gasteiger partial charge >= 0.3 is 11.4 Å². The van der Waals surface area contributed by atoms with Crippen LogP contribution in [0.3, 0.4) is 0 Å². The molecule has 2 atom stereocenters. The molecule has 5 heteroatoms. The lowest BCUT2D eigenvalue weighted by Crippen LogP contribution is -2.15. The predicted molar refractivity (Wildman–Crippen MR) is 30.8 cm³/mol. The van der Waals surface area contributed by atoms with Gasteiger partial charge in [-0.3, -0.25) is 8.37 Å². The van der Waals surface area contributed by atoms with Gasteiger partial charge in [0.25, 0.3) is 0 Å². The van der Waals surface area contributed by atoms with E-state index in [1.165, 1.54) is 0 Å². The van der Waals surface area contributed by atoms with E-state index in [2.05, 4.69) is 4.18 Å². The second-order valence-corrected chi connectivity index (χ2v) is 2.50. The van der Waals surface area contributed by atoms with E-state index in [0.717, 1.165) is 0 Å². The number of rotatable bonds is 2. The van der Waals surface area contributed by atoms with Crippen LogP contribution in [0.4, 0.5) is 0 Å². The number of methoxy groups -OCH3 is 1. The van der Waals surface area contributed by atoms with Crippen molar-refractivity contribution in [3.8, 4) is 0 Å². The Morgan fingerprint density at radius 3 is 3.11 bits per heavy atom. The van der Waals surface area contributed by atoms with Gasteiger partial charge in [-0.1, -0.05) is 0 Å². The van der Waals surface area contributed by atoms with Gasteiger partial charge in [0, 0.05) is 7.11 Å². The zero-order valence-electron chi connectivity index (χ0n) is 5.03. The first-order chi connectivity index (χ1) is 4.33. The second kappa shape index (κ2) is 3.26. The third-order valence-corrected chi connectivity index (χ3v) is 1.68. The zero-order valence-corrected chi connectivity index (χ0v) is 5.85. The summed E-state index contributed by atoms with van der Waals surface area (Å²) >= 11 is -1.53. The fourth-order valence-corrected chi connectivity index (χ4v) is 1.21. The standard InChI is InChI=1S/C4H8O4S/c1-6-2-4-3-7-9(5)8-4/h4H,2-3H2,1H3. The minimum absolute atomic E-state index is 0.157. The van der Waals surface area contributed by atoms with Gasteiger partial charge in [-0.05, 0) is 0 Å². The first-order valence-electron chi connectivity index (χ1n) is 2.54. The van der Waals surface area contributed by atoms with Crippen LogP contribution in [-0.4, -0.2) is 30.6 Å². The Bertz CT molecular complexity index is 115. The van der Waals surface area contributed by atoms with Crippen LogP contribution in [-0.2, 0) is 24.5 Å². The van der Waals surface area contributed by atoms with E-state index >= 15 is 0 Å². The Balaban J connectivity index is 2.22. The molecule has 0 aromatic carbocycles. The van der Waals surface area contributed by atoms with Gasteiger partial charge in [0.2, 0.25) is 0 Å². The SMILES string of the molecule is COCC1COS(=O)O1. The molecule has 1 rings (SSSR count). The van der Waals surface area contributed by atoms with Crippen LogP contribution in [0.5, 0.6) is 0 Å². The van der Waals surface area contributed by atoms with Crippen LogP contribution < -0.4 is 0 Å². The van der Waals surface area contributed by atoms with Gasteiger partial charge in [0.15, 0.2) is 0 Å². The molecule has 1 saturated heterocycles. The summed E-state index contributed by atoms with van der Waals surface area (Å²) in [4.78, 5) is 0. The summed E-state index contributed by atoms with van der Waals surface area (Å²) in [5.41, 5.74) is 0. The van der Waals surface area contributed by atoms with Gasteiger partial charge in [0.05, 0.1) is 13.2 Å². The van der Waals surface area contributed by atoms with Crippen molar-refractivity contribution in [1.82, 2.24) is 0 Å². The topological polar surface area (TPSA) is 44.8 Å². The highest BCUT2D eigenvalue weighted by Gasteiger charge is 2.22. The lowest BCUT2D eigenvalue weighted by atomic mass is 10.4. The Kier molecular flexibility index (Phi) is 2.59. The first kappa shape index (κ1) is 7.14. The highest BCUT2D eigenvalue weighted by molar-refractivity contribution is 7.75. The molecule has 0 saturated carbocycles. The third kappa shape index (κ3) is 2.02. The van der Waals surface area contributed by atoms with Crippen LogP contribution >= 0.6 is 0 Å². The molecule has 0 spiro atoms. The minimum Gasteiger partial charge on any atom is -0.382 e. The van der Waals surface area contributed by atoms with E-state index in [1.807, 2.05) is 0 Å². The minimum atomic E-state index is -1.53. The summed E-state index contributed by atoms with van der Waals surface area (Å²) in [6.07, 6.45) is -0.157. The Labute approximate surface area is 56.0 Å². The van der Waals surface area contributed by atoms with Gasteiger partial charge in [-0.25, -0.2) is 0 Å². The number of hydrogen-bond acceptors (Lipinski definition) is 4. The normalized spacial score (nSPS) is 35.2. The molecule has 9 heavy (non-hydrogen) atoms. The van der Waals surface area contributed by atoms with Crippen LogP contribution in [0.25, 0.3) is 0 Å². The average molecular weight is 152 g/mol. The molecular weight excluding hydrogens is 144 g/mol. The van der Waals surface area contributed by atoms with E-state index in [9.17, 15) is 4.21 Å². The smallest absolute Gasteiger partial charge is 0.305 e. The summed E-state index contributed by atoms with van der Waals surface area (Å²) in [5.74, 6) is 0. The molecular formula is C4H8O4S. The quantitative estimate of drug-likeness (QED) is 0.541. The zero-order chi connectivity index (χ0) is 6.69. The molecule has 0 N–H and O–H groups in total. The molecule has 1 aliphatic rings. The number of hydrogen-bond donors (Lipinski definition) is 0. The van der Waals surface area contributed by atoms with Crippen molar-refractivity contribution in [1.29, 1.82) is 0 Å². The molecule has 0 aromatic heterocycles. The van der Waals surface area contributed by atoms with E-state index in [4.69, 9.17) is 8.92 Å². The lowest BCUT2D eigenvalue weighted by molar-refractivity contribution is 0.0967. The Hall–Kier alpha value is 0.0300. The van der Waals surface area contributed by atoms with Crippen LogP contribution in [0.2, 0.25) is 0 Å². The molecule has 0 aliphatic carbocycles. The maximum Gasteiger partial charge on any atom is 0.305 e. The molecule has 54 valence electrons. The number of ether oxygens (including phenoxy) is 1. The highest BCUT2D eigenvalue weighted by atomic mass is 32.2. The Morgan fingerprint density at radius 1 is 1.89 bits per heavy atom. The van der Waals surface area contributed by atoms with Crippen molar-refractivity contribution < 1.29 is 17.3 Å². The van der Waals surface area contributed by atoms with Gasteiger partial charge in [-0.15, -0.1) is 0 Å². The molecule has 4 nitrogen and oxygen atoms in total. The van der Waals surface area contributed by atoms with Crippen LogP contribution in [0.15, 0.2) is 0 Å². The Morgan fingerprint density at radius 2 is 2.67 bits per heavy atom. The fourth-order valence-electron chi connectivity index (χ4n) is 0.560. The maximum atomic E-state index is 10.3. The molecule has 0 bridgehead atoms. The van der Waals surface area contributed by atoms with Gasteiger partial charge < -0.3 is 4.74 Å². The van der Waals surface area contributed by atoms with Crippen molar-refractivity contribution in [2.24, 2.45) is 0 Å². The molecule has 0 amide bonds. The summed E-state index contributed by atoms with van der Waals surface area (Å²) in [6, 6.07) is 0. The van der Waals surface area contributed by atoms with E-state index in [-0.39, 0.29) is 6.10 Å². The molecule has 1 aliphatic heterocycles. The van der Waals surface area contributed by atoms with Gasteiger partial charge in [-0.2, -0.15) is 4.21 Å². The van der Waals surface area contributed by atoms with Crippen molar-refractivity contribution in [2.45, 2.75) is 6.10 Å². The second-order valence-electron chi connectivity index (χ2n) is 1.66. The predicted octanol–water partition coefficient (Wildman–Crippen LogP) is -0.373. The summed E-state index contributed by atoms with van der Waals surface area (Å²) < 4.78 is 24.4. The fraction of sp³-hybridized carbons (Fsp3) is 1.00. The molecule has 0 radical (unpaired) electrons. The van der Waals surface area contributed by atoms with Crippen molar-refractivity contribution in [2.75, 3.05) is 20.3 Å². The van der Waals surface area contributed by atoms with Crippen molar-refractivity contribution >= 4 is 11.4 Å². The monoisotopic (exact) mass is 152 g/mol. The van der Waals surface area contributed by atoms with Gasteiger partial charge in [0.1, 0.15) is 6.10 Å². The lowest BCUT2D eigenvalue weighted by Gasteiger charge is -2.00. The van der Waals surface area contributed by atoms with Crippen LogP contribution in [0, 0.1) is 0 Å². The molecule has 1 heterocycles. The largest absolute Gasteiger partial charge is 0.382 e. The highest BCUT2D eigenvalue weighted by Crippen LogP contribution is 2.07.